The van der Waals surface area contributed by atoms with Gasteiger partial charge in [-0.1, -0.05) is 18.2 Å². The fraction of sp³-hybridized carbons (Fsp3) is 0.533. The molecule has 3 rings (SSSR count). The first-order valence-corrected chi connectivity index (χ1v) is 7.06. The molecule has 0 radical (unpaired) electrons. The van der Waals surface area contributed by atoms with Crippen LogP contribution in [0.4, 0.5) is 5.69 Å². The number of likely N-dealkylation sites (N-methyl/N-ethyl adjacent to an activating group) is 1. The Hall–Kier alpha value is -1.55. The number of anilines is 1. The molecule has 19 heavy (non-hydrogen) atoms. The summed E-state index contributed by atoms with van der Waals surface area (Å²) in [5, 5.41) is 3.36. The molecule has 0 bridgehead atoms. The van der Waals surface area contributed by atoms with E-state index in [0.717, 1.165) is 44.7 Å². The molecule has 1 atom stereocenters. The molecule has 0 aromatic heterocycles. The number of rotatable bonds is 1. The van der Waals surface area contributed by atoms with E-state index < -0.39 is 0 Å². The number of carbonyl (C=O) groups excluding carboxylic acids is 1. The Kier molecular flexibility index (Phi) is 3.42. The number of fused-ring (bicyclic) bond motifs is 1. The van der Waals surface area contributed by atoms with Crippen molar-refractivity contribution in [2.24, 2.45) is 0 Å². The third-order valence-corrected chi connectivity index (χ3v) is 4.10. The van der Waals surface area contributed by atoms with Crippen molar-refractivity contribution in [1.82, 2.24) is 9.80 Å². The summed E-state index contributed by atoms with van der Waals surface area (Å²) in [4.78, 5) is 16.9. The zero-order valence-corrected chi connectivity index (χ0v) is 11.4. The standard InChI is InChI=1S/C15H21N3O/c1-17-7-4-8-18(10-9-17)15(19)14-11-12-5-2-3-6-13(12)16-14/h2-3,5-6,14,16H,4,7-11H2,1H3/t14-/m0/s1. The normalized spacial score (nSPS) is 23.6. The van der Waals surface area contributed by atoms with Crippen LogP contribution in [0.5, 0.6) is 0 Å². The Morgan fingerprint density at radius 3 is 2.89 bits per heavy atom. The second-order valence-corrected chi connectivity index (χ2v) is 5.54. The molecule has 2 heterocycles. The first kappa shape index (κ1) is 12.5. The summed E-state index contributed by atoms with van der Waals surface area (Å²) < 4.78 is 0. The quantitative estimate of drug-likeness (QED) is 0.823. The van der Waals surface area contributed by atoms with Crippen LogP contribution >= 0.6 is 0 Å². The number of benzene rings is 1. The second kappa shape index (κ2) is 5.21. The van der Waals surface area contributed by atoms with Crippen molar-refractivity contribution in [1.29, 1.82) is 0 Å². The summed E-state index contributed by atoms with van der Waals surface area (Å²) in [7, 11) is 2.12. The van der Waals surface area contributed by atoms with Gasteiger partial charge >= 0.3 is 0 Å². The first-order valence-electron chi connectivity index (χ1n) is 7.06. The number of amides is 1. The van der Waals surface area contributed by atoms with Crippen molar-refractivity contribution < 1.29 is 4.79 Å². The summed E-state index contributed by atoms with van der Waals surface area (Å²) in [6, 6.07) is 8.14. The van der Waals surface area contributed by atoms with Gasteiger partial charge in [0.15, 0.2) is 0 Å². The summed E-state index contributed by atoms with van der Waals surface area (Å²) in [6.45, 7) is 3.80. The lowest BCUT2D eigenvalue weighted by Crippen LogP contribution is -2.43. The fourth-order valence-electron chi connectivity index (χ4n) is 2.93. The van der Waals surface area contributed by atoms with Gasteiger partial charge in [-0.3, -0.25) is 4.79 Å². The zero-order chi connectivity index (χ0) is 13.2. The molecule has 2 aliphatic heterocycles. The Morgan fingerprint density at radius 2 is 2.05 bits per heavy atom. The average Bonchev–Trinajstić information content (AvgIpc) is 2.74. The van der Waals surface area contributed by atoms with E-state index in [0.29, 0.717) is 0 Å². The summed E-state index contributed by atoms with van der Waals surface area (Å²) in [5.74, 6) is 0.256. The number of nitrogens with one attached hydrogen (secondary N) is 1. The maximum atomic E-state index is 12.6. The lowest BCUT2D eigenvalue weighted by atomic mass is 10.1. The highest BCUT2D eigenvalue weighted by Crippen LogP contribution is 2.26. The van der Waals surface area contributed by atoms with Gasteiger partial charge < -0.3 is 15.1 Å². The number of carbonyl (C=O) groups is 1. The van der Waals surface area contributed by atoms with E-state index >= 15 is 0 Å². The molecule has 102 valence electrons. The number of para-hydroxylation sites is 1. The van der Waals surface area contributed by atoms with E-state index in [-0.39, 0.29) is 11.9 Å². The third kappa shape index (κ3) is 2.59. The van der Waals surface area contributed by atoms with Crippen LogP contribution in [0.3, 0.4) is 0 Å². The van der Waals surface area contributed by atoms with Crippen molar-refractivity contribution in [2.45, 2.75) is 18.9 Å². The van der Waals surface area contributed by atoms with Crippen LogP contribution in [0.15, 0.2) is 24.3 Å². The Balaban J connectivity index is 1.66. The van der Waals surface area contributed by atoms with Crippen molar-refractivity contribution in [3.63, 3.8) is 0 Å². The van der Waals surface area contributed by atoms with E-state index in [1.807, 2.05) is 17.0 Å². The maximum Gasteiger partial charge on any atom is 0.245 e. The molecule has 0 spiro atoms. The van der Waals surface area contributed by atoms with Gasteiger partial charge in [-0.05, 0) is 31.6 Å². The minimum absolute atomic E-state index is 0.0687. The number of nitrogens with zero attached hydrogens (tertiary/aromatic N) is 2. The Morgan fingerprint density at radius 1 is 1.21 bits per heavy atom. The van der Waals surface area contributed by atoms with Gasteiger partial charge in [0.2, 0.25) is 5.91 Å². The van der Waals surface area contributed by atoms with Crippen molar-refractivity contribution in [3.05, 3.63) is 29.8 Å². The van der Waals surface area contributed by atoms with Gasteiger partial charge in [0.1, 0.15) is 6.04 Å². The van der Waals surface area contributed by atoms with Crippen LogP contribution in [0.25, 0.3) is 0 Å². The van der Waals surface area contributed by atoms with Crippen LogP contribution < -0.4 is 5.32 Å². The number of hydrogen-bond donors (Lipinski definition) is 1. The summed E-state index contributed by atoms with van der Waals surface area (Å²) >= 11 is 0. The molecule has 4 heteroatoms. The smallest absolute Gasteiger partial charge is 0.245 e. The Bertz CT molecular complexity index is 449. The molecule has 0 saturated carbocycles. The molecule has 1 N–H and O–H groups in total. The van der Waals surface area contributed by atoms with Gasteiger partial charge in [-0.15, -0.1) is 0 Å². The predicted octanol–water partition coefficient (Wildman–Crippen LogP) is 1.19. The van der Waals surface area contributed by atoms with Gasteiger partial charge in [-0.25, -0.2) is 0 Å². The van der Waals surface area contributed by atoms with E-state index in [1.54, 1.807) is 0 Å². The highest BCUT2D eigenvalue weighted by molar-refractivity contribution is 5.87. The summed E-state index contributed by atoms with van der Waals surface area (Å²) in [5.41, 5.74) is 2.38. The van der Waals surface area contributed by atoms with Crippen LogP contribution in [-0.2, 0) is 11.2 Å². The van der Waals surface area contributed by atoms with Crippen molar-refractivity contribution >= 4 is 11.6 Å². The van der Waals surface area contributed by atoms with Crippen LogP contribution in [-0.4, -0.2) is 55.0 Å². The molecule has 4 nitrogen and oxygen atoms in total. The molecule has 0 aliphatic carbocycles. The molecular weight excluding hydrogens is 238 g/mol. The summed E-state index contributed by atoms with van der Waals surface area (Å²) in [6.07, 6.45) is 1.89. The molecule has 0 unspecified atom stereocenters. The zero-order valence-electron chi connectivity index (χ0n) is 11.4. The minimum atomic E-state index is -0.0687. The lowest BCUT2D eigenvalue weighted by Gasteiger charge is -2.24. The van der Waals surface area contributed by atoms with Crippen molar-refractivity contribution in [2.75, 3.05) is 38.5 Å². The molecule has 2 aliphatic rings. The predicted molar refractivity (Wildman–Crippen MR) is 76.3 cm³/mol. The van der Waals surface area contributed by atoms with E-state index in [2.05, 4.69) is 29.4 Å². The molecule has 1 aromatic rings. The molecule has 1 amide bonds. The largest absolute Gasteiger partial charge is 0.373 e. The lowest BCUT2D eigenvalue weighted by molar-refractivity contribution is -0.131. The highest BCUT2D eigenvalue weighted by Gasteiger charge is 2.30. The first-order chi connectivity index (χ1) is 9.24. The van der Waals surface area contributed by atoms with Gasteiger partial charge in [0.25, 0.3) is 0 Å². The monoisotopic (exact) mass is 259 g/mol. The van der Waals surface area contributed by atoms with E-state index in [9.17, 15) is 4.79 Å². The average molecular weight is 259 g/mol. The SMILES string of the molecule is CN1CCCN(C(=O)[C@@H]2Cc3ccccc3N2)CC1. The van der Waals surface area contributed by atoms with E-state index in [1.165, 1.54) is 5.56 Å². The number of hydrogen-bond acceptors (Lipinski definition) is 3. The van der Waals surface area contributed by atoms with Crippen LogP contribution in [0.2, 0.25) is 0 Å². The maximum absolute atomic E-state index is 12.6. The van der Waals surface area contributed by atoms with Crippen LogP contribution in [0, 0.1) is 0 Å². The Labute approximate surface area is 114 Å². The fourth-order valence-corrected chi connectivity index (χ4v) is 2.93. The third-order valence-electron chi connectivity index (χ3n) is 4.10. The highest BCUT2D eigenvalue weighted by atomic mass is 16.2. The van der Waals surface area contributed by atoms with E-state index in [4.69, 9.17) is 0 Å². The van der Waals surface area contributed by atoms with Crippen molar-refractivity contribution in [3.8, 4) is 0 Å². The van der Waals surface area contributed by atoms with Crippen LogP contribution in [0.1, 0.15) is 12.0 Å². The minimum Gasteiger partial charge on any atom is -0.373 e. The molecular formula is C15H21N3O. The molecule has 1 aromatic carbocycles. The van der Waals surface area contributed by atoms with Gasteiger partial charge in [0, 0.05) is 31.7 Å². The van der Waals surface area contributed by atoms with Gasteiger partial charge in [-0.2, -0.15) is 0 Å². The molecule has 1 fully saturated rings. The topological polar surface area (TPSA) is 35.6 Å². The van der Waals surface area contributed by atoms with Gasteiger partial charge in [0.05, 0.1) is 0 Å². The molecule has 1 saturated heterocycles. The second-order valence-electron chi connectivity index (χ2n) is 5.54.